The van der Waals surface area contributed by atoms with Crippen LogP contribution in [0.15, 0.2) is 16.9 Å². The van der Waals surface area contributed by atoms with Gasteiger partial charge >= 0.3 is 0 Å². The lowest BCUT2D eigenvalue weighted by atomic mass is 10.1. The van der Waals surface area contributed by atoms with Crippen LogP contribution in [0.1, 0.15) is 17.4 Å². The van der Waals surface area contributed by atoms with Gasteiger partial charge in [0.2, 0.25) is 12.2 Å². The lowest BCUT2D eigenvalue weighted by Gasteiger charge is -2.11. The van der Waals surface area contributed by atoms with Crippen molar-refractivity contribution in [2.75, 3.05) is 19.1 Å². The summed E-state index contributed by atoms with van der Waals surface area (Å²) in [7, 11) is 0. The normalized spacial score (nSPS) is 12.6. The molecular formula is C14H15N3O4S. The lowest BCUT2D eigenvalue weighted by molar-refractivity contribution is 0.0948. The van der Waals surface area contributed by atoms with Gasteiger partial charge in [-0.25, -0.2) is 0 Å². The van der Waals surface area contributed by atoms with Crippen molar-refractivity contribution in [3.8, 4) is 11.5 Å². The topological polar surface area (TPSA) is 82.5 Å². The Labute approximate surface area is 131 Å². The van der Waals surface area contributed by atoms with Gasteiger partial charge in [-0.3, -0.25) is 14.3 Å². The lowest BCUT2D eigenvalue weighted by Crippen LogP contribution is -2.33. The molecule has 0 fully saturated rings. The van der Waals surface area contributed by atoms with Gasteiger partial charge in [-0.1, -0.05) is 0 Å². The van der Waals surface area contributed by atoms with Crippen molar-refractivity contribution < 1.29 is 14.3 Å². The third-order valence-corrected chi connectivity index (χ3v) is 3.58. The predicted octanol–water partition coefficient (Wildman–Crippen LogP) is 0.805. The second kappa shape index (κ2) is 5.88. The van der Waals surface area contributed by atoms with Crippen LogP contribution in [-0.2, 0) is 6.54 Å². The summed E-state index contributed by atoms with van der Waals surface area (Å²) in [5.74, 6) is 1.06. The van der Waals surface area contributed by atoms with Gasteiger partial charge in [0.15, 0.2) is 17.2 Å². The van der Waals surface area contributed by atoms with Crippen LogP contribution in [0.4, 0.5) is 0 Å². The third kappa shape index (κ3) is 2.39. The van der Waals surface area contributed by atoms with E-state index < -0.39 is 11.3 Å². The number of nitrogens with one attached hydrogen (secondary N) is 1. The summed E-state index contributed by atoms with van der Waals surface area (Å²) < 4.78 is 12.2. The number of fused-ring (bicyclic) bond motifs is 2. The first kappa shape index (κ1) is 14.7. The zero-order valence-corrected chi connectivity index (χ0v) is 12.9. The van der Waals surface area contributed by atoms with E-state index in [9.17, 15) is 9.59 Å². The number of hydrogen-bond donors (Lipinski definition) is 2. The van der Waals surface area contributed by atoms with E-state index >= 15 is 0 Å². The summed E-state index contributed by atoms with van der Waals surface area (Å²) in [6.45, 7) is 2.89. The molecular weight excluding hydrogens is 306 g/mol. The van der Waals surface area contributed by atoms with Gasteiger partial charge in [0.05, 0.1) is 10.9 Å². The van der Waals surface area contributed by atoms with Gasteiger partial charge < -0.3 is 14.8 Å². The quantitative estimate of drug-likeness (QED) is 0.814. The van der Waals surface area contributed by atoms with Crippen LogP contribution >= 0.6 is 12.6 Å². The number of benzene rings is 1. The molecule has 0 saturated carbocycles. The van der Waals surface area contributed by atoms with E-state index in [1.807, 2.05) is 6.92 Å². The maximum absolute atomic E-state index is 12.5. The molecule has 8 heteroatoms. The van der Waals surface area contributed by atoms with Crippen molar-refractivity contribution in [3.05, 3.63) is 28.0 Å². The fraction of sp³-hybridized carbons (Fsp3) is 0.357. The highest BCUT2D eigenvalue weighted by Gasteiger charge is 2.21. The first-order valence-corrected chi connectivity index (χ1v) is 7.52. The van der Waals surface area contributed by atoms with E-state index in [4.69, 9.17) is 9.47 Å². The fourth-order valence-electron chi connectivity index (χ4n) is 2.32. The van der Waals surface area contributed by atoms with Crippen LogP contribution in [0, 0.1) is 0 Å². The molecule has 0 aliphatic carbocycles. The first-order valence-electron chi connectivity index (χ1n) is 6.89. The molecule has 0 atom stereocenters. The van der Waals surface area contributed by atoms with Gasteiger partial charge in [0.1, 0.15) is 0 Å². The van der Waals surface area contributed by atoms with E-state index in [0.29, 0.717) is 41.2 Å². The van der Waals surface area contributed by atoms with Crippen molar-refractivity contribution in [1.82, 2.24) is 15.1 Å². The standard InChI is InChI=1S/C14H15N3O4S/c1-2-17-9-6-11-10(20-7-21-11)5-8(9)13(18)12(16-17)14(19)15-3-4-22/h5-6,22H,2-4,7H2,1H3,(H,15,19). The Morgan fingerprint density at radius 2 is 2.14 bits per heavy atom. The number of thiol groups is 1. The Morgan fingerprint density at radius 3 is 2.82 bits per heavy atom. The minimum absolute atomic E-state index is 0.120. The maximum Gasteiger partial charge on any atom is 0.275 e. The van der Waals surface area contributed by atoms with Gasteiger partial charge in [0, 0.05) is 24.9 Å². The molecule has 0 saturated heterocycles. The zero-order chi connectivity index (χ0) is 15.7. The number of aryl methyl sites for hydroxylation is 1. The minimum atomic E-state index is -0.499. The van der Waals surface area contributed by atoms with Crippen molar-refractivity contribution in [2.24, 2.45) is 0 Å². The molecule has 2 heterocycles. The Morgan fingerprint density at radius 1 is 1.41 bits per heavy atom. The van der Waals surface area contributed by atoms with E-state index in [1.165, 1.54) is 0 Å². The van der Waals surface area contributed by atoms with E-state index in [0.717, 1.165) is 0 Å². The number of rotatable bonds is 4. The molecule has 0 bridgehead atoms. The molecule has 1 aliphatic heterocycles. The highest BCUT2D eigenvalue weighted by Crippen LogP contribution is 2.34. The number of ether oxygens (including phenoxy) is 2. The predicted molar refractivity (Wildman–Crippen MR) is 84.0 cm³/mol. The molecule has 0 spiro atoms. The van der Waals surface area contributed by atoms with E-state index in [2.05, 4.69) is 23.0 Å². The Bertz CT molecular complexity index is 803. The Balaban J connectivity index is 2.19. The highest BCUT2D eigenvalue weighted by molar-refractivity contribution is 7.80. The molecule has 1 aromatic carbocycles. The summed E-state index contributed by atoms with van der Waals surface area (Å²) in [6.07, 6.45) is 0. The first-order chi connectivity index (χ1) is 10.7. The van der Waals surface area contributed by atoms with Gasteiger partial charge in [-0.05, 0) is 13.0 Å². The summed E-state index contributed by atoms with van der Waals surface area (Å²) in [5, 5.41) is 7.16. The molecule has 22 heavy (non-hydrogen) atoms. The molecule has 2 aromatic rings. The summed E-state index contributed by atoms with van der Waals surface area (Å²) in [4.78, 5) is 24.6. The van der Waals surface area contributed by atoms with Crippen LogP contribution in [-0.4, -0.2) is 34.8 Å². The molecule has 0 radical (unpaired) electrons. The molecule has 1 aromatic heterocycles. The molecule has 116 valence electrons. The summed E-state index contributed by atoms with van der Waals surface area (Å²) in [5.41, 5.74) is 0.0622. The number of hydrogen-bond acceptors (Lipinski definition) is 6. The van der Waals surface area contributed by atoms with Crippen LogP contribution in [0.2, 0.25) is 0 Å². The van der Waals surface area contributed by atoms with Crippen LogP contribution < -0.4 is 20.2 Å². The second-order valence-corrected chi connectivity index (χ2v) is 5.14. The van der Waals surface area contributed by atoms with Crippen molar-refractivity contribution >= 4 is 29.4 Å². The molecule has 0 unspecified atom stereocenters. The molecule has 3 rings (SSSR count). The third-order valence-electron chi connectivity index (χ3n) is 3.36. The van der Waals surface area contributed by atoms with E-state index in [-0.39, 0.29) is 12.5 Å². The van der Waals surface area contributed by atoms with Crippen LogP contribution in [0.3, 0.4) is 0 Å². The number of aromatic nitrogens is 2. The van der Waals surface area contributed by atoms with Crippen LogP contribution in [0.5, 0.6) is 11.5 Å². The Hall–Kier alpha value is -2.22. The fourth-order valence-corrected chi connectivity index (χ4v) is 2.43. The number of carbonyl (C=O) groups excluding carboxylic acids is 1. The SMILES string of the molecule is CCn1nc(C(=O)NCCS)c(=O)c2cc3c(cc21)OCO3. The monoisotopic (exact) mass is 321 g/mol. The number of amides is 1. The van der Waals surface area contributed by atoms with Crippen LogP contribution in [0.25, 0.3) is 10.9 Å². The van der Waals surface area contributed by atoms with Crippen molar-refractivity contribution in [2.45, 2.75) is 13.5 Å². The maximum atomic E-state index is 12.5. The summed E-state index contributed by atoms with van der Waals surface area (Å²) >= 11 is 4.03. The van der Waals surface area contributed by atoms with E-state index in [1.54, 1.807) is 16.8 Å². The van der Waals surface area contributed by atoms with Crippen molar-refractivity contribution in [3.63, 3.8) is 0 Å². The zero-order valence-electron chi connectivity index (χ0n) is 12.0. The average Bonchev–Trinajstić information content (AvgIpc) is 2.99. The number of carbonyl (C=O) groups is 1. The second-order valence-electron chi connectivity index (χ2n) is 4.70. The van der Waals surface area contributed by atoms with Gasteiger partial charge in [0.25, 0.3) is 5.91 Å². The molecule has 1 aliphatic rings. The largest absolute Gasteiger partial charge is 0.454 e. The van der Waals surface area contributed by atoms with Crippen molar-refractivity contribution in [1.29, 1.82) is 0 Å². The highest BCUT2D eigenvalue weighted by atomic mass is 32.1. The Kier molecular flexibility index (Phi) is 3.93. The molecule has 1 amide bonds. The summed E-state index contributed by atoms with van der Waals surface area (Å²) in [6, 6.07) is 3.31. The molecule has 1 N–H and O–H groups in total. The van der Waals surface area contributed by atoms with Gasteiger partial charge in [-0.2, -0.15) is 17.7 Å². The average molecular weight is 321 g/mol. The minimum Gasteiger partial charge on any atom is -0.454 e. The smallest absolute Gasteiger partial charge is 0.275 e. The molecule has 7 nitrogen and oxygen atoms in total. The van der Waals surface area contributed by atoms with Gasteiger partial charge in [-0.15, -0.1) is 0 Å². The number of nitrogens with zero attached hydrogens (tertiary/aromatic N) is 2.